The van der Waals surface area contributed by atoms with Crippen LogP contribution in [0, 0.1) is 29.6 Å². The number of ether oxygens (including phenoxy) is 1. The van der Waals surface area contributed by atoms with Gasteiger partial charge in [0.2, 0.25) is 5.91 Å². The fraction of sp³-hybridized carbons (Fsp3) is 0.481. The second-order valence-corrected chi connectivity index (χ2v) is 9.72. The molecule has 8 heteroatoms. The lowest BCUT2D eigenvalue weighted by atomic mass is 9.71. The van der Waals surface area contributed by atoms with Crippen LogP contribution in [0.25, 0.3) is 0 Å². The lowest BCUT2D eigenvalue weighted by Gasteiger charge is -2.42. The van der Waals surface area contributed by atoms with E-state index in [-0.39, 0.29) is 22.8 Å². The smallest absolute Gasteiger partial charge is 0.384 e. The van der Waals surface area contributed by atoms with E-state index in [0.29, 0.717) is 44.9 Å². The summed E-state index contributed by atoms with van der Waals surface area (Å²) in [6.07, 6.45) is -2.66. The van der Waals surface area contributed by atoms with Gasteiger partial charge < -0.3 is 14.5 Å². The van der Waals surface area contributed by atoms with E-state index in [0.717, 1.165) is 30.0 Å². The van der Waals surface area contributed by atoms with Gasteiger partial charge in [0, 0.05) is 44.9 Å². The van der Waals surface area contributed by atoms with E-state index >= 15 is 0 Å². The average molecular weight is 486 g/mol. The van der Waals surface area contributed by atoms with Crippen molar-refractivity contribution in [3.05, 3.63) is 64.7 Å². The van der Waals surface area contributed by atoms with Crippen LogP contribution in [0.3, 0.4) is 0 Å². The van der Waals surface area contributed by atoms with E-state index in [1.165, 1.54) is 6.07 Å². The molecule has 2 aliphatic heterocycles. The van der Waals surface area contributed by atoms with Crippen molar-refractivity contribution in [2.45, 2.75) is 32.4 Å². The molecule has 2 aliphatic rings. The topological polar surface area (TPSA) is 56.6 Å². The van der Waals surface area contributed by atoms with Crippen LogP contribution in [0.1, 0.15) is 35.1 Å². The highest BCUT2D eigenvalue weighted by Gasteiger charge is 2.48. The standard InChI is InChI=1S/C27H30F3N3O2/c1-19-5-3-4-6-20(19)13-25(34)32-11-9-26(10-12-32)18-33(16-22(26)17-35-2)23-8-7-21(15-31)24(14-23)27(28,29)30/h3-8,14,22H,9-13,16-18H2,1-2H3. The number of amides is 1. The zero-order chi connectivity index (χ0) is 25.2. The van der Waals surface area contributed by atoms with E-state index in [1.54, 1.807) is 19.2 Å². The Balaban J connectivity index is 1.49. The Hall–Kier alpha value is -3.05. The van der Waals surface area contributed by atoms with Gasteiger partial charge in [0.1, 0.15) is 0 Å². The first-order valence-corrected chi connectivity index (χ1v) is 11.8. The molecular weight excluding hydrogens is 455 g/mol. The molecule has 0 aliphatic carbocycles. The first-order chi connectivity index (χ1) is 16.7. The number of nitrogens with zero attached hydrogens (tertiary/aromatic N) is 3. The monoisotopic (exact) mass is 485 g/mol. The number of halogens is 3. The maximum absolute atomic E-state index is 13.5. The Morgan fingerprint density at radius 2 is 1.91 bits per heavy atom. The number of methoxy groups -OCH3 is 1. The van der Waals surface area contributed by atoms with E-state index in [1.807, 2.05) is 41.0 Å². The summed E-state index contributed by atoms with van der Waals surface area (Å²) < 4.78 is 46.1. The normalized spacial score (nSPS) is 19.7. The molecule has 0 N–H and O–H groups in total. The van der Waals surface area contributed by atoms with Crippen molar-refractivity contribution in [2.24, 2.45) is 11.3 Å². The molecule has 2 aromatic carbocycles. The molecule has 35 heavy (non-hydrogen) atoms. The fourth-order valence-electron chi connectivity index (χ4n) is 5.57. The SMILES string of the molecule is COCC1CN(c2ccc(C#N)c(C(F)(F)F)c2)CC12CCN(C(=O)Cc1ccccc1C)CC2. The number of rotatable bonds is 5. The summed E-state index contributed by atoms with van der Waals surface area (Å²) in [4.78, 5) is 16.9. The highest BCUT2D eigenvalue weighted by Crippen LogP contribution is 2.47. The van der Waals surface area contributed by atoms with Gasteiger partial charge in [-0.2, -0.15) is 18.4 Å². The van der Waals surface area contributed by atoms with Crippen molar-refractivity contribution in [2.75, 3.05) is 44.8 Å². The van der Waals surface area contributed by atoms with Crippen LogP contribution in [-0.4, -0.2) is 50.7 Å². The molecule has 2 fully saturated rings. The van der Waals surface area contributed by atoms with Crippen molar-refractivity contribution in [1.29, 1.82) is 5.26 Å². The van der Waals surface area contributed by atoms with Crippen molar-refractivity contribution in [1.82, 2.24) is 4.90 Å². The molecule has 0 bridgehead atoms. The summed E-state index contributed by atoms with van der Waals surface area (Å²) in [7, 11) is 1.64. The van der Waals surface area contributed by atoms with Gasteiger partial charge in [-0.15, -0.1) is 0 Å². The van der Waals surface area contributed by atoms with E-state index < -0.39 is 11.7 Å². The van der Waals surface area contributed by atoms with Gasteiger partial charge in [-0.3, -0.25) is 4.79 Å². The number of nitriles is 1. The van der Waals surface area contributed by atoms with E-state index in [2.05, 4.69) is 0 Å². The Bertz CT molecular complexity index is 1120. The quantitative estimate of drug-likeness (QED) is 0.610. The van der Waals surface area contributed by atoms with Gasteiger partial charge >= 0.3 is 6.18 Å². The van der Waals surface area contributed by atoms with E-state index in [4.69, 9.17) is 10.00 Å². The van der Waals surface area contributed by atoms with Gasteiger partial charge in [0.15, 0.2) is 0 Å². The fourth-order valence-corrected chi connectivity index (χ4v) is 5.57. The summed E-state index contributed by atoms with van der Waals surface area (Å²) in [5.41, 5.74) is 1.18. The molecule has 0 radical (unpaired) electrons. The predicted octanol–water partition coefficient (Wildman–Crippen LogP) is 4.82. The molecule has 186 valence electrons. The molecule has 2 saturated heterocycles. The molecule has 0 aromatic heterocycles. The number of aryl methyl sites for hydroxylation is 1. The minimum absolute atomic E-state index is 0.106. The molecule has 2 heterocycles. The summed E-state index contributed by atoms with van der Waals surface area (Å²) in [6, 6.07) is 13.5. The van der Waals surface area contributed by atoms with Crippen LogP contribution in [0.4, 0.5) is 18.9 Å². The number of alkyl halides is 3. The minimum atomic E-state index is -4.59. The third-order valence-electron chi connectivity index (χ3n) is 7.69. The Morgan fingerprint density at radius 3 is 2.54 bits per heavy atom. The number of carbonyl (C=O) groups is 1. The third kappa shape index (κ3) is 5.15. The van der Waals surface area contributed by atoms with E-state index in [9.17, 15) is 18.0 Å². The number of carbonyl (C=O) groups excluding carboxylic acids is 1. The zero-order valence-electron chi connectivity index (χ0n) is 20.1. The molecule has 1 unspecified atom stereocenters. The second-order valence-electron chi connectivity index (χ2n) is 9.72. The van der Waals surface area contributed by atoms with Gasteiger partial charge in [-0.05, 0) is 54.5 Å². The minimum Gasteiger partial charge on any atom is -0.384 e. The molecule has 1 amide bonds. The number of likely N-dealkylation sites (tertiary alicyclic amines) is 1. The van der Waals surface area contributed by atoms with Crippen molar-refractivity contribution in [3.8, 4) is 6.07 Å². The Kier molecular flexibility index (Phi) is 7.09. The molecular formula is C27H30F3N3O2. The summed E-state index contributed by atoms with van der Waals surface area (Å²) in [6.45, 7) is 4.94. The van der Waals surface area contributed by atoms with Crippen molar-refractivity contribution in [3.63, 3.8) is 0 Å². The molecule has 5 nitrogen and oxygen atoms in total. The maximum atomic E-state index is 13.5. The van der Waals surface area contributed by atoms with Crippen molar-refractivity contribution >= 4 is 11.6 Å². The second kappa shape index (κ2) is 9.90. The van der Waals surface area contributed by atoms with Crippen LogP contribution < -0.4 is 4.90 Å². The Labute approximate surface area is 204 Å². The molecule has 4 rings (SSSR count). The highest BCUT2D eigenvalue weighted by molar-refractivity contribution is 5.79. The van der Waals surface area contributed by atoms with Crippen LogP contribution in [0.2, 0.25) is 0 Å². The van der Waals surface area contributed by atoms with Gasteiger partial charge in [0.05, 0.1) is 30.2 Å². The Morgan fingerprint density at radius 1 is 1.20 bits per heavy atom. The molecule has 1 spiro atoms. The lowest BCUT2D eigenvalue weighted by Crippen LogP contribution is -2.47. The predicted molar refractivity (Wildman–Crippen MR) is 127 cm³/mol. The highest BCUT2D eigenvalue weighted by atomic mass is 19.4. The number of anilines is 1. The summed E-state index contributed by atoms with van der Waals surface area (Å²) in [5, 5.41) is 9.11. The first-order valence-electron chi connectivity index (χ1n) is 11.8. The summed E-state index contributed by atoms with van der Waals surface area (Å²) >= 11 is 0. The zero-order valence-corrected chi connectivity index (χ0v) is 20.1. The number of piperidine rings is 1. The number of benzene rings is 2. The van der Waals surface area contributed by atoms with Crippen LogP contribution in [-0.2, 0) is 22.1 Å². The number of hydrogen-bond donors (Lipinski definition) is 0. The average Bonchev–Trinajstić information content (AvgIpc) is 3.17. The van der Waals surface area contributed by atoms with Gasteiger partial charge in [0.25, 0.3) is 0 Å². The van der Waals surface area contributed by atoms with Crippen LogP contribution in [0.5, 0.6) is 0 Å². The third-order valence-corrected chi connectivity index (χ3v) is 7.69. The van der Waals surface area contributed by atoms with Gasteiger partial charge in [-0.25, -0.2) is 0 Å². The van der Waals surface area contributed by atoms with Crippen LogP contribution >= 0.6 is 0 Å². The summed E-state index contributed by atoms with van der Waals surface area (Å²) in [5.74, 6) is 0.250. The lowest BCUT2D eigenvalue weighted by molar-refractivity contribution is -0.137. The molecule has 1 atom stereocenters. The van der Waals surface area contributed by atoms with Gasteiger partial charge in [-0.1, -0.05) is 24.3 Å². The maximum Gasteiger partial charge on any atom is 0.417 e. The number of hydrogen-bond acceptors (Lipinski definition) is 4. The van der Waals surface area contributed by atoms with Crippen LogP contribution in [0.15, 0.2) is 42.5 Å². The molecule has 2 aromatic rings. The largest absolute Gasteiger partial charge is 0.417 e. The van der Waals surface area contributed by atoms with Crippen molar-refractivity contribution < 1.29 is 22.7 Å². The molecule has 0 saturated carbocycles. The first kappa shape index (κ1) is 25.1.